The van der Waals surface area contributed by atoms with Crippen LogP contribution in [0.2, 0.25) is 0 Å². The third-order valence-electron chi connectivity index (χ3n) is 4.92. The minimum Gasteiger partial charge on any atom is -0.359 e. The molecular formula is C22H22N6O2S. The first-order valence-electron chi connectivity index (χ1n) is 9.91. The average Bonchev–Trinajstić information content (AvgIpc) is 3.37. The van der Waals surface area contributed by atoms with Crippen molar-refractivity contribution in [1.29, 1.82) is 0 Å². The minimum atomic E-state index is -0.240. The smallest absolute Gasteiger partial charge is 0.257 e. The summed E-state index contributed by atoms with van der Waals surface area (Å²) in [6, 6.07) is 11.1. The molecule has 1 aromatic carbocycles. The van der Waals surface area contributed by atoms with Crippen LogP contribution in [0.25, 0.3) is 22.4 Å². The number of carbonyl (C=O) groups excluding carboxylic acids is 2. The third kappa shape index (κ3) is 4.61. The van der Waals surface area contributed by atoms with E-state index in [-0.39, 0.29) is 11.8 Å². The SMILES string of the molecule is CNC(=O)CCCn1c(C)nc2cc(C(=O)Nc3nc(-c4ccccn4)cs3)ccc21. The molecule has 3 aromatic heterocycles. The summed E-state index contributed by atoms with van der Waals surface area (Å²) in [7, 11) is 1.64. The number of hydrogen-bond donors (Lipinski definition) is 2. The van der Waals surface area contributed by atoms with E-state index in [4.69, 9.17) is 0 Å². The standard InChI is InChI=1S/C22H22N6O2S/c1-14-25-17-12-15(8-9-19(17)28(14)11-5-7-20(29)23-2)21(30)27-22-26-18(13-31-22)16-6-3-4-10-24-16/h3-4,6,8-10,12-13H,5,7,11H2,1-2H3,(H,23,29)(H,26,27,30). The van der Waals surface area contributed by atoms with Crippen molar-refractivity contribution in [2.24, 2.45) is 0 Å². The molecule has 3 heterocycles. The molecule has 8 nitrogen and oxygen atoms in total. The predicted molar refractivity (Wildman–Crippen MR) is 121 cm³/mol. The van der Waals surface area contributed by atoms with Crippen LogP contribution in [0.4, 0.5) is 5.13 Å². The van der Waals surface area contributed by atoms with Crippen LogP contribution in [0.5, 0.6) is 0 Å². The maximum atomic E-state index is 12.7. The number of carbonyl (C=O) groups is 2. The molecular weight excluding hydrogens is 412 g/mol. The molecule has 4 aromatic rings. The van der Waals surface area contributed by atoms with Crippen molar-refractivity contribution in [3.8, 4) is 11.4 Å². The number of nitrogens with one attached hydrogen (secondary N) is 2. The van der Waals surface area contributed by atoms with Crippen molar-refractivity contribution in [3.63, 3.8) is 0 Å². The molecule has 0 atom stereocenters. The van der Waals surface area contributed by atoms with Crippen molar-refractivity contribution in [3.05, 3.63) is 59.4 Å². The van der Waals surface area contributed by atoms with Crippen LogP contribution in [0.1, 0.15) is 29.0 Å². The number of aryl methyl sites for hydroxylation is 2. The average molecular weight is 435 g/mol. The summed E-state index contributed by atoms with van der Waals surface area (Å²) in [5, 5.41) is 7.86. The van der Waals surface area contributed by atoms with E-state index >= 15 is 0 Å². The van der Waals surface area contributed by atoms with Crippen molar-refractivity contribution >= 4 is 39.3 Å². The van der Waals surface area contributed by atoms with E-state index in [9.17, 15) is 9.59 Å². The molecule has 0 bridgehead atoms. The molecule has 31 heavy (non-hydrogen) atoms. The second kappa shape index (κ2) is 9.05. The molecule has 0 radical (unpaired) electrons. The fourth-order valence-electron chi connectivity index (χ4n) is 3.33. The van der Waals surface area contributed by atoms with Gasteiger partial charge in [-0.1, -0.05) is 6.07 Å². The van der Waals surface area contributed by atoms with Gasteiger partial charge in [-0.25, -0.2) is 9.97 Å². The Kier molecular flexibility index (Phi) is 6.03. The van der Waals surface area contributed by atoms with E-state index < -0.39 is 0 Å². The van der Waals surface area contributed by atoms with Gasteiger partial charge < -0.3 is 9.88 Å². The number of thiazole rings is 1. The molecule has 0 aliphatic heterocycles. The number of fused-ring (bicyclic) bond motifs is 1. The molecule has 0 unspecified atom stereocenters. The highest BCUT2D eigenvalue weighted by Crippen LogP contribution is 2.24. The van der Waals surface area contributed by atoms with Gasteiger partial charge in [-0.3, -0.25) is 19.9 Å². The molecule has 9 heteroatoms. The van der Waals surface area contributed by atoms with Crippen molar-refractivity contribution in [1.82, 2.24) is 24.8 Å². The number of rotatable bonds is 7. The molecule has 0 aliphatic carbocycles. The quantitative estimate of drug-likeness (QED) is 0.462. The second-order valence-electron chi connectivity index (χ2n) is 7.00. The second-order valence-corrected chi connectivity index (χ2v) is 7.86. The van der Waals surface area contributed by atoms with Gasteiger partial charge in [0.05, 0.1) is 16.7 Å². The largest absolute Gasteiger partial charge is 0.359 e. The summed E-state index contributed by atoms with van der Waals surface area (Å²) >= 11 is 1.36. The lowest BCUT2D eigenvalue weighted by Crippen LogP contribution is -2.17. The Labute approximate surface area is 183 Å². The molecule has 0 saturated heterocycles. The van der Waals surface area contributed by atoms with Crippen LogP contribution < -0.4 is 10.6 Å². The summed E-state index contributed by atoms with van der Waals surface area (Å²) in [6.07, 6.45) is 2.89. The number of hydrogen-bond acceptors (Lipinski definition) is 6. The topological polar surface area (TPSA) is 102 Å². The number of aromatic nitrogens is 4. The summed E-state index contributed by atoms with van der Waals surface area (Å²) in [4.78, 5) is 37.5. The maximum absolute atomic E-state index is 12.7. The van der Waals surface area contributed by atoms with Crippen LogP contribution in [-0.2, 0) is 11.3 Å². The van der Waals surface area contributed by atoms with Gasteiger partial charge >= 0.3 is 0 Å². The number of benzene rings is 1. The lowest BCUT2D eigenvalue weighted by Gasteiger charge is -2.07. The van der Waals surface area contributed by atoms with Crippen LogP contribution in [0.15, 0.2) is 48.0 Å². The number of amides is 2. The Hall–Kier alpha value is -3.59. The zero-order valence-corrected chi connectivity index (χ0v) is 18.1. The fraction of sp³-hybridized carbons (Fsp3) is 0.227. The van der Waals surface area contributed by atoms with Crippen LogP contribution >= 0.6 is 11.3 Å². The zero-order chi connectivity index (χ0) is 21.8. The summed E-state index contributed by atoms with van der Waals surface area (Å²) in [6.45, 7) is 2.62. The molecule has 0 fully saturated rings. The summed E-state index contributed by atoms with van der Waals surface area (Å²) in [5.41, 5.74) is 3.69. The van der Waals surface area contributed by atoms with Gasteiger partial charge in [0.15, 0.2) is 5.13 Å². The third-order valence-corrected chi connectivity index (χ3v) is 5.68. The monoisotopic (exact) mass is 434 g/mol. The normalized spacial score (nSPS) is 10.9. The van der Waals surface area contributed by atoms with E-state index in [0.29, 0.717) is 23.7 Å². The molecule has 0 aliphatic rings. The molecule has 158 valence electrons. The van der Waals surface area contributed by atoms with Gasteiger partial charge in [0, 0.05) is 37.2 Å². The van der Waals surface area contributed by atoms with Crippen molar-refractivity contribution in [2.45, 2.75) is 26.3 Å². The Balaban J connectivity index is 1.48. The van der Waals surface area contributed by atoms with Crippen molar-refractivity contribution in [2.75, 3.05) is 12.4 Å². The van der Waals surface area contributed by atoms with Gasteiger partial charge in [-0.15, -0.1) is 11.3 Å². The van der Waals surface area contributed by atoms with E-state index in [1.165, 1.54) is 11.3 Å². The van der Waals surface area contributed by atoms with E-state index in [1.807, 2.05) is 36.6 Å². The Morgan fingerprint density at radius 1 is 1.13 bits per heavy atom. The number of nitrogens with zero attached hydrogens (tertiary/aromatic N) is 4. The van der Waals surface area contributed by atoms with Crippen LogP contribution in [-0.4, -0.2) is 38.4 Å². The van der Waals surface area contributed by atoms with Gasteiger partial charge in [0.1, 0.15) is 11.5 Å². The number of pyridine rings is 1. The fourth-order valence-corrected chi connectivity index (χ4v) is 4.03. The van der Waals surface area contributed by atoms with E-state index in [0.717, 1.165) is 34.7 Å². The van der Waals surface area contributed by atoms with Crippen LogP contribution in [0.3, 0.4) is 0 Å². The highest BCUT2D eigenvalue weighted by Gasteiger charge is 2.14. The summed E-state index contributed by atoms with van der Waals surface area (Å²) in [5.74, 6) is 0.634. The van der Waals surface area contributed by atoms with Gasteiger partial charge in [-0.2, -0.15) is 0 Å². The molecule has 0 spiro atoms. The molecule has 2 amide bonds. The van der Waals surface area contributed by atoms with Crippen LogP contribution in [0, 0.1) is 6.92 Å². The Morgan fingerprint density at radius 3 is 2.77 bits per heavy atom. The maximum Gasteiger partial charge on any atom is 0.257 e. The number of imidazole rings is 1. The van der Waals surface area contributed by atoms with Gasteiger partial charge in [0.25, 0.3) is 5.91 Å². The lowest BCUT2D eigenvalue weighted by atomic mass is 10.2. The molecule has 2 N–H and O–H groups in total. The predicted octanol–water partition coefficient (Wildman–Crippen LogP) is 3.64. The first kappa shape index (κ1) is 20.7. The lowest BCUT2D eigenvalue weighted by molar-refractivity contribution is -0.120. The molecule has 4 rings (SSSR count). The van der Waals surface area contributed by atoms with Gasteiger partial charge in [0.2, 0.25) is 5.91 Å². The highest BCUT2D eigenvalue weighted by atomic mass is 32.1. The van der Waals surface area contributed by atoms with E-state index in [1.54, 1.807) is 25.4 Å². The van der Waals surface area contributed by atoms with Crippen molar-refractivity contribution < 1.29 is 9.59 Å². The summed E-state index contributed by atoms with van der Waals surface area (Å²) < 4.78 is 2.07. The Morgan fingerprint density at radius 2 is 2.00 bits per heavy atom. The Bertz CT molecular complexity index is 1230. The molecule has 0 saturated carbocycles. The highest BCUT2D eigenvalue weighted by molar-refractivity contribution is 7.14. The first-order chi connectivity index (χ1) is 15.0. The van der Waals surface area contributed by atoms with Gasteiger partial charge in [-0.05, 0) is 43.7 Å². The minimum absolute atomic E-state index is 0.0226. The zero-order valence-electron chi connectivity index (χ0n) is 17.3. The van der Waals surface area contributed by atoms with E-state index in [2.05, 4.69) is 30.2 Å². The first-order valence-corrected chi connectivity index (χ1v) is 10.8. The number of anilines is 1.